The molecule has 0 saturated carbocycles. The van der Waals surface area contributed by atoms with Crippen molar-refractivity contribution >= 4 is 35.1 Å². The van der Waals surface area contributed by atoms with Crippen LogP contribution in [0.15, 0.2) is 24.3 Å². The number of hydrogen-bond donors (Lipinski definition) is 1. The molecule has 0 unspecified atom stereocenters. The summed E-state index contributed by atoms with van der Waals surface area (Å²) in [6.07, 6.45) is 0.305. The molecule has 1 rings (SSSR count). The van der Waals surface area contributed by atoms with Crippen molar-refractivity contribution < 1.29 is 9.59 Å². The molecule has 74 valence electrons. The van der Waals surface area contributed by atoms with Crippen molar-refractivity contribution in [2.24, 2.45) is 0 Å². The number of benzene rings is 1. The molecule has 2 nitrogen and oxygen atoms in total. The van der Waals surface area contributed by atoms with Crippen LogP contribution in [0.2, 0.25) is 5.02 Å². The topological polar surface area (TPSA) is 34.1 Å². The fourth-order valence-corrected chi connectivity index (χ4v) is 1.40. The van der Waals surface area contributed by atoms with Gasteiger partial charge in [-0.3, -0.25) is 9.59 Å². The maximum Gasteiger partial charge on any atom is 0.186 e. The fourth-order valence-electron chi connectivity index (χ4n) is 1.04. The average molecular weight is 229 g/mol. The van der Waals surface area contributed by atoms with E-state index >= 15 is 0 Å². The van der Waals surface area contributed by atoms with Crippen molar-refractivity contribution in [1.29, 1.82) is 0 Å². The molecule has 0 spiro atoms. The van der Waals surface area contributed by atoms with Crippen LogP contribution in [0, 0.1) is 0 Å². The minimum absolute atomic E-state index is 0.127. The number of halogens is 1. The first-order valence-electron chi connectivity index (χ1n) is 4.11. The standard InChI is InChI=1S/C10H9ClO2S/c11-8-4-2-1-3-7(8)9(12)5-6-10(13)14/h1-4H,5-6H2,(H,13,14). The van der Waals surface area contributed by atoms with Gasteiger partial charge in [0.25, 0.3) is 0 Å². The number of Topliss-reactive ketones (excluding diaryl/α,β-unsaturated/α-hetero) is 1. The highest BCUT2D eigenvalue weighted by molar-refractivity contribution is 7.96. The van der Waals surface area contributed by atoms with E-state index in [0.29, 0.717) is 10.6 Å². The van der Waals surface area contributed by atoms with E-state index in [-0.39, 0.29) is 23.7 Å². The molecule has 4 heteroatoms. The van der Waals surface area contributed by atoms with Crippen LogP contribution in [-0.2, 0) is 4.79 Å². The van der Waals surface area contributed by atoms with Gasteiger partial charge in [-0.25, -0.2) is 0 Å². The van der Waals surface area contributed by atoms with Crippen LogP contribution in [0.4, 0.5) is 0 Å². The zero-order valence-corrected chi connectivity index (χ0v) is 9.02. The van der Waals surface area contributed by atoms with Crippen molar-refractivity contribution in [1.82, 2.24) is 0 Å². The molecular weight excluding hydrogens is 220 g/mol. The summed E-state index contributed by atoms with van der Waals surface area (Å²) in [6.45, 7) is 0. The molecule has 0 heterocycles. The SMILES string of the molecule is O=C(S)CCC(=O)c1ccccc1Cl. The van der Waals surface area contributed by atoms with Gasteiger partial charge in [-0.15, -0.1) is 12.6 Å². The molecule has 0 aliphatic rings. The van der Waals surface area contributed by atoms with E-state index in [1.165, 1.54) is 0 Å². The first-order valence-corrected chi connectivity index (χ1v) is 4.93. The average Bonchev–Trinajstić information content (AvgIpc) is 2.15. The van der Waals surface area contributed by atoms with Gasteiger partial charge in [-0.05, 0) is 12.1 Å². The van der Waals surface area contributed by atoms with Gasteiger partial charge in [0.1, 0.15) is 0 Å². The molecule has 1 aromatic carbocycles. The van der Waals surface area contributed by atoms with Gasteiger partial charge in [0, 0.05) is 18.4 Å². The highest BCUT2D eigenvalue weighted by Crippen LogP contribution is 2.17. The normalized spacial score (nSPS) is 9.86. The van der Waals surface area contributed by atoms with Crippen LogP contribution in [0.5, 0.6) is 0 Å². The number of rotatable bonds is 4. The van der Waals surface area contributed by atoms with Crippen molar-refractivity contribution in [2.45, 2.75) is 12.8 Å². The molecule has 0 N–H and O–H groups in total. The predicted octanol–water partition coefficient (Wildman–Crippen LogP) is 2.76. The maximum absolute atomic E-state index is 11.5. The Bertz CT molecular complexity index is 363. The van der Waals surface area contributed by atoms with Crippen LogP contribution in [0.25, 0.3) is 0 Å². The molecule has 0 bridgehead atoms. The molecule has 0 aromatic heterocycles. The second-order valence-corrected chi connectivity index (χ2v) is 3.70. The summed E-state index contributed by atoms with van der Waals surface area (Å²) in [4.78, 5) is 22.0. The molecule has 0 radical (unpaired) electrons. The highest BCUT2D eigenvalue weighted by Gasteiger charge is 2.10. The predicted molar refractivity (Wildman–Crippen MR) is 59.0 cm³/mol. The minimum Gasteiger partial charge on any atom is -0.294 e. The smallest absolute Gasteiger partial charge is 0.186 e. The van der Waals surface area contributed by atoms with Crippen LogP contribution in [0.3, 0.4) is 0 Å². The van der Waals surface area contributed by atoms with E-state index in [4.69, 9.17) is 11.6 Å². The third kappa shape index (κ3) is 3.16. The third-order valence-corrected chi connectivity index (χ3v) is 2.29. The zero-order chi connectivity index (χ0) is 10.6. The summed E-state index contributed by atoms with van der Waals surface area (Å²) in [7, 11) is 0. The van der Waals surface area contributed by atoms with Gasteiger partial charge < -0.3 is 0 Å². The Labute approximate surface area is 92.7 Å². The van der Waals surface area contributed by atoms with Crippen LogP contribution < -0.4 is 0 Å². The Morgan fingerprint density at radius 2 is 1.86 bits per heavy atom. The number of carbonyl (C=O) groups is 2. The lowest BCUT2D eigenvalue weighted by Gasteiger charge is -2.01. The molecule has 0 aliphatic heterocycles. The zero-order valence-electron chi connectivity index (χ0n) is 7.37. The summed E-state index contributed by atoms with van der Waals surface area (Å²) < 4.78 is 0. The van der Waals surface area contributed by atoms with Gasteiger partial charge >= 0.3 is 0 Å². The lowest BCUT2D eigenvalue weighted by molar-refractivity contribution is -0.110. The summed E-state index contributed by atoms with van der Waals surface area (Å²) >= 11 is 9.40. The van der Waals surface area contributed by atoms with E-state index in [2.05, 4.69) is 12.6 Å². The Morgan fingerprint density at radius 1 is 1.21 bits per heavy atom. The summed E-state index contributed by atoms with van der Waals surface area (Å²) in [5, 5.41) is 0.134. The Balaban J connectivity index is 2.70. The Kier molecular flexibility index (Phi) is 4.17. The van der Waals surface area contributed by atoms with Gasteiger partial charge in [-0.1, -0.05) is 23.7 Å². The van der Waals surface area contributed by atoms with E-state index in [9.17, 15) is 9.59 Å². The van der Waals surface area contributed by atoms with Crippen molar-refractivity contribution in [2.75, 3.05) is 0 Å². The fraction of sp³-hybridized carbons (Fsp3) is 0.200. The molecule has 14 heavy (non-hydrogen) atoms. The lowest BCUT2D eigenvalue weighted by atomic mass is 10.1. The number of ketones is 1. The number of carbonyl (C=O) groups excluding carboxylic acids is 2. The Hall–Kier alpha value is -0.800. The van der Waals surface area contributed by atoms with E-state index in [0.717, 1.165) is 0 Å². The molecule has 1 aromatic rings. The number of hydrogen-bond acceptors (Lipinski definition) is 2. The van der Waals surface area contributed by atoms with Gasteiger partial charge in [0.2, 0.25) is 0 Å². The lowest BCUT2D eigenvalue weighted by Crippen LogP contribution is -2.01. The first kappa shape index (κ1) is 11.3. The molecule has 0 atom stereocenters. The second-order valence-electron chi connectivity index (χ2n) is 2.80. The molecule has 0 aliphatic carbocycles. The van der Waals surface area contributed by atoms with Crippen molar-refractivity contribution in [3.05, 3.63) is 34.9 Å². The largest absolute Gasteiger partial charge is 0.294 e. The second kappa shape index (κ2) is 5.17. The summed E-state index contributed by atoms with van der Waals surface area (Å²) in [6, 6.07) is 6.79. The van der Waals surface area contributed by atoms with Gasteiger partial charge in [0.15, 0.2) is 10.9 Å². The van der Waals surface area contributed by atoms with Crippen molar-refractivity contribution in [3.63, 3.8) is 0 Å². The molecule has 0 amide bonds. The summed E-state index contributed by atoms with van der Waals surface area (Å²) in [5.41, 5.74) is 0.462. The van der Waals surface area contributed by atoms with Gasteiger partial charge in [-0.2, -0.15) is 0 Å². The van der Waals surface area contributed by atoms with Crippen LogP contribution in [0.1, 0.15) is 23.2 Å². The number of thiol groups is 1. The Morgan fingerprint density at radius 3 is 2.43 bits per heavy atom. The van der Waals surface area contributed by atoms with E-state index < -0.39 is 0 Å². The maximum atomic E-state index is 11.5. The van der Waals surface area contributed by atoms with Crippen LogP contribution >= 0.6 is 24.2 Å². The summed E-state index contributed by atoms with van der Waals surface area (Å²) in [5.74, 6) is -0.127. The van der Waals surface area contributed by atoms with E-state index in [1.807, 2.05) is 0 Å². The van der Waals surface area contributed by atoms with Gasteiger partial charge in [0.05, 0.1) is 5.02 Å². The first-order chi connectivity index (χ1) is 6.61. The van der Waals surface area contributed by atoms with Crippen LogP contribution in [-0.4, -0.2) is 10.9 Å². The molecular formula is C10H9ClO2S. The highest BCUT2D eigenvalue weighted by atomic mass is 35.5. The third-order valence-electron chi connectivity index (χ3n) is 1.74. The van der Waals surface area contributed by atoms with Crippen molar-refractivity contribution in [3.8, 4) is 0 Å². The minimum atomic E-state index is -0.287. The quantitative estimate of drug-likeness (QED) is 0.635. The molecule has 0 saturated heterocycles. The molecule has 0 fully saturated rings. The monoisotopic (exact) mass is 228 g/mol. The van der Waals surface area contributed by atoms with E-state index in [1.54, 1.807) is 24.3 Å².